The summed E-state index contributed by atoms with van der Waals surface area (Å²) in [5.74, 6) is -0.0807. The number of methoxy groups -OCH3 is 1. The maximum atomic E-state index is 12.6. The number of carbonyl (C=O) groups is 1. The molecule has 0 aliphatic heterocycles. The monoisotopic (exact) mass is 437 g/mol. The van der Waals surface area contributed by atoms with Crippen LogP contribution in [0.5, 0.6) is 5.75 Å². The third kappa shape index (κ3) is 3.89. The fourth-order valence-corrected chi connectivity index (χ4v) is 4.15. The first-order chi connectivity index (χ1) is 14.9. The Kier molecular flexibility index (Phi) is 5.47. The van der Waals surface area contributed by atoms with Crippen molar-refractivity contribution in [2.45, 2.75) is 19.0 Å². The molecule has 0 bridgehead atoms. The fourth-order valence-electron chi connectivity index (χ4n) is 3.40. The Morgan fingerprint density at radius 1 is 1.19 bits per heavy atom. The van der Waals surface area contributed by atoms with E-state index in [2.05, 4.69) is 15.5 Å². The number of benzene rings is 2. The van der Waals surface area contributed by atoms with E-state index >= 15 is 0 Å². The molecule has 0 atom stereocenters. The predicted molar refractivity (Wildman–Crippen MR) is 119 cm³/mol. The number of amides is 1. The van der Waals surface area contributed by atoms with E-state index in [0.29, 0.717) is 16.4 Å². The van der Waals surface area contributed by atoms with Gasteiger partial charge in [-0.15, -0.1) is 10.2 Å². The lowest BCUT2D eigenvalue weighted by Gasteiger charge is -2.11. The van der Waals surface area contributed by atoms with Crippen LogP contribution in [-0.4, -0.2) is 38.3 Å². The highest BCUT2D eigenvalue weighted by atomic mass is 32.2. The summed E-state index contributed by atoms with van der Waals surface area (Å²) < 4.78 is 7.01. The van der Waals surface area contributed by atoms with E-state index in [-0.39, 0.29) is 23.1 Å². The highest BCUT2D eigenvalue weighted by Crippen LogP contribution is 2.33. The first-order valence-corrected chi connectivity index (χ1v) is 10.4. The molecule has 0 saturated carbocycles. The Bertz CT molecular complexity index is 1330. The molecular formula is C21H19N5O4S. The molecule has 10 heteroatoms. The largest absolute Gasteiger partial charge is 0.490 e. The summed E-state index contributed by atoms with van der Waals surface area (Å²) in [6.07, 6.45) is 0. The quantitative estimate of drug-likeness (QED) is 0.274. The molecule has 158 valence electrons. The molecule has 0 aliphatic carbocycles. The number of nitrogens with zero attached hydrogens (tertiary/aromatic N) is 4. The second-order valence-electron chi connectivity index (χ2n) is 6.95. The number of anilines is 1. The van der Waals surface area contributed by atoms with Gasteiger partial charge >= 0.3 is 5.69 Å². The van der Waals surface area contributed by atoms with Crippen LogP contribution in [-0.2, 0) is 4.79 Å². The zero-order valence-electron chi connectivity index (χ0n) is 17.1. The van der Waals surface area contributed by atoms with Crippen molar-refractivity contribution in [1.29, 1.82) is 0 Å². The van der Waals surface area contributed by atoms with Crippen LogP contribution in [0, 0.1) is 24.0 Å². The van der Waals surface area contributed by atoms with Crippen molar-refractivity contribution in [2.24, 2.45) is 0 Å². The number of nitrogens with one attached hydrogen (secondary N) is 1. The number of pyridine rings is 1. The molecule has 31 heavy (non-hydrogen) atoms. The van der Waals surface area contributed by atoms with E-state index < -0.39 is 4.92 Å². The molecule has 1 N–H and O–H groups in total. The zero-order valence-corrected chi connectivity index (χ0v) is 17.9. The van der Waals surface area contributed by atoms with Crippen molar-refractivity contribution >= 4 is 45.6 Å². The standard InChI is InChI=1S/C21H19N5O4S/c1-12-9-19-23-24-21(25(19)16-7-5-4-6-14(12)16)31-11-20(27)22-15-10-18(30-3)17(26(28)29)8-13(15)2/h4-10H,11H2,1-3H3,(H,22,27). The first-order valence-electron chi connectivity index (χ1n) is 9.38. The summed E-state index contributed by atoms with van der Waals surface area (Å²) in [6.45, 7) is 3.72. The maximum absolute atomic E-state index is 12.6. The van der Waals surface area contributed by atoms with Crippen LogP contribution >= 0.6 is 11.8 Å². The van der Waals surface area contributed by atoms with Crippen LogP contribution in [0.1, 0.15) is 11.1 Å². The van der Waals surface area contributed by atoms with Gasteiger partial charge in [0, 0.05) is 23.2 Å². The van der Waals surface area contributed by atoms with Gasteiger partial charge in [-0.3, -0.25) is 19.3 Å². The minimum Gasteiger partial charge on any atom is -0.490 e. The number of nitro benzene ring substituents is 1. The number of para-hydroxylation sites is 1. The van der Waals surface area contributed by atoms with Gasteiger partial charge in [0.25, 0.3) is 0 Å². The molecule has 0 aliphatic rings. The maximum Gasteiger partial charge on any atom is 0.311 e. The number of carbonyl (C=O) groups excluding carboxylic acids is 1. The number of ether oxygens (including phenoxy) is 1. The fraction of sp³-hybridized carbons (Fsp3) is 0.190. The smallest absolute Gasteiger partial charge is 0.311 e. The van der Waals surface area contributed by atoms with E-state index in [1.165, 1.54) is 31.0 Å². The summed E-state index contributed by atoms with van der Waals surface area (Å²) in [5, 5.41) is 24.1. The minimum atomic E-state index is -0.518. The average molecular weight is 437 g/mol. The van der Waals surface area contributed by atoms with E-state index in [1.807, 2.05) is 41.7 Å². The summed E-state index contributed by atoms with van der Waals surface area (Å²) in [5.41, 5.74) is 3.67. The molecule has 4 aromatic rings. The number of fused-ring (bicyclic) bond motifs is 3. The molecule has 1 amide bonds. The molecule has 2 heterocycles. The van der Waals surface area contributed by atoms with E-state index in [4.69, 9.17) is 4.74 Å². The molecule has 2 aromatic heterocycles. The second-order valence-corrected chi connectivity index (χ2v) is 7.90. The topological polar surface area (TPSA) is 112 Å². The number of aromatic nitrogens is 3. The molecule has 2 aromatic carbocycles. The second kappa shape index (κ2) is 8.23. The van der Waals surface area contributed by atoms with Crippen LogP contribution in [0.25, 0.3) is 16.6 Å². The van der Waals surface area contributed by atoms with Crippen molar-refractivity contribution in [2.75, 3.05) is 18.2 Å². The molecule has 4 rings (SSSR count). The van der Waals surface area contributed by atoms with Gasteiger partial charge in [0.2, 0.25) is 5.91 Å². The zero-order chi connectivity index (χ0) is 22.1. The van der Waals surface area contributed by atoms with Gasteiger partial charge in [-0.25, -0.2) is 0 Å². The van der Waals surface area contributed by atoms with Gasteiger partial charge in [0.15, 0.2) is 16.6 Å². The molecule has 9 nitrogen and oxygen atoms in total. The lowest BCUT2D eigenvalue weighted by molar-refractivity contribution is -0.385. The van der Waals surface area contributed by atoms with Gasteiger partial charge in [-0.05, 0) is 37.1 Å². The van der Waals surface area contributed by atoms with Gasteiger partial charge in [-0.2, -0.15) is 0 Å². The summed E-state index contributed by atoms with van der Waals surface area (Å²) in [7, 11) is 1.35. The molecule has 0 fully saturated rings. The van der Waals surface area contributed by atoms with Gasteiger partial charge in [0.05, 0.1) is 23.3 Å². The van der Waals surface area contributed by atoms with E-state index in [0.717, 1.165) is 22.1 Å². The first kappa shape index (κ1) is 20.6. The SMILES string of the molecule is COc1cc(NC(=O)CSc2nnc3cc(C)c4ccccc4n23)c(C)cc1[N+](=O)[O-]. The molecule has 0 unspecified atom stereocenters. The molecule has 0 spiro atoms. The van der Waals surface area contributed by atoms with Crippen molar-refractivity contribution in [3.63, 3.8) is 0 Å². The van der Waals surface area contributed by atoms with E-state index in [1.54, 1.807) is 6.92 Å². The highest BCUT2D eigenvalue weighted by molar-refractivity contribution is 7.99. The molecule has 0 saturated heterocycles. The Labute approximate surface area is 181 Å². The number of aryl methyl sites for hydroxylation is 2. The Balaban J connectivity index is 1.56. The predicted octanol–water partition coefficient (Wildman–Crippen LogP) is 4.15. The van der Waals surface area contributed by atoms with Crippen molar-refractivity contribution in [3.05, 3.63) is 63.7 Å². The summed E-state index contributed by atoms with van der Waals surface area (Å²) in [6, 6.07) is 12.8. The van der Waals surface area contributed by atoms with Gasteiger partial charge in [0.1, 0.15) is 0 Å². The minimum absolute atomic E-state index is 0.0869. The summed E-state index contributed by atoms with van der Waals surface area (Å²) in [4.78, 5) is 23.2. The number of rotatable bonds is 6. The Hall–Kier alpha value is -3.66. The van der Waals surface area contributed by atoms with Crippen LogP contribution < -0.4 is 10.1 Å². The number of hydrogen-bond donors (Lipinski definition) is 1. The third-order valence-electron chi connectivity index (χ3n) is 4.90. The van der Waals surface area contributed by atoms with Gasteiger partial charge in [-0.1, -0.05) is 30.0 Å². The third-order valence-corrected chi connectivity index (χ3v) is 5.83. The van der Waals surface area contributed by atoms with Crippen LogP contribution in [0.15, 0.2) is 47.6 Å². The molecule has 0 radical (unpaired) electrons. The number of hydrogen-bond acceptors (Lipinski definition) is 7. The lowest BCUT2D eigenvalue weighted by atomic mass is 10.1. The normalized spacial score (nSPS) is 11.1. The highest BCUT2D eigenvalue weighted by Gasteiger charge is 2.19. The van der Waals surface area contributed by atoms with Crippen molar-refractivity contribution in [1.82, 2.24) is 14.6 Å². The summed E-state index contributed by atoms with van der Waals surface area (Å²) >= 11 is 1.27. The van der Waals surface area contributed by atoms with Crippen LogP contribution in [0.3, 0.4) is 0 Å². The lowest BCUT2D eigenvalue weighted by Crippen LogP contribution is -2.15. The van der Waals surface area contributed by atoms with Gasteiger partial charge < -0.3 is 10.1 Å². The average Bonchev–Trinajstić information content (AvgIpc) is 3.16. The number of thioether (sulfide) groups is 1. The van der Waals surface area contributed by atoms with Crippen molar-refractivity contribution in [3.8, 4) is 5.75 Å². The molecular weight excluding hydrogens is 418 g/mol. The van der Waals surface area contributed by atoms with Crippen molar-refractivity contribution < 1.29 is 14.5 Å². The number of nitro groups is 1. The van der Waals surface area contributed by atoms with Crippen LogP contribution in [0.4, 0.5) is 11.4 Å². The Morgan fingerprint density at radius 3 is 2.71 bits per heavy atom. The van der Waals surface area contributed by atoms with E-state index in [9.17, 15) is 14.9 Å². The van der Waals surface area contributed by atoms with Crippen LogP contribution in [0.2, 0.25) is 0 Å². The Morgan fingerprint density at radius 2 is 1.97 bits per heavy atom.